The van der Waals surface area contributed by atoms with Crippen molar-refractivity contribution in [2.75, 3.05) is 10.6 Å². The molecule has 1 aliphatic carbocycles. The van der Waals surface area contributed by atoms with Gasteiger partial charge in [-0.05, 0) is 76.6 Å². The average Bonchev–Trinajstić information content (AvgIpc) is 3.46. The van der Waals surface area contributed by atoms with Gasteiger partial charge in [0, 0.05) is 31.2 Å². The summed E-state index contributed by atoms with van der Waals surface area (Å²) in [4.78, 5) is 23.1. The number of thiazole rings is 1. The predicted molar refractivity (Wildman–Crippen MR) is 141 cm³/mol. The van der Waals surface area contributed by atoms with E-state index in [2.05, 4.69) is 20.6 Å². The fourth-order valence-corrected chi connectivity index (χ4v) is 5.84. The van der Waals surface area contributed by atoms with E-state index in [9.17, 15) is 5.11 Å². The van der Waals surface area contributed by atoms with Gasteiger partial charge in [-0.2, -0.15) is 4.98 Å². The van der Waals surface area contributed by atoms with Gasteiger partial charge in [0.15, 0.2) is 0 Å². The number of rotatable bonds is 7. The van der Waals surface area contributed by atoms with Crippen LogP contribution in [0.15, 0.2) is 36.8 Å². The maximum Gasteiger partial charge on any atom is 0.225 e. The van der Waals surface area contributed by atoms with Crippen LogP contribution in [0.5, 0.6) is 0 Å². The number of anilines is 2. The first-order chi connectivity index (χ1) is 16.8. The third-order valence-corrected chi connectivity index (χ3v) is 7.80. The van der Waals surface area contributed by atoms with Gasteiger partial charge in [-0.1, -0.05) is 0 Å². The van der Waals surface area contributed by atoms with Crippen molar-refractivity contribution in [3.63, 3.8) is 0 Å². The fourth-order valence-electron chi connectivity index (χ4n) is 4.73. The Balaban J connectivity index is 1.50. The summed E-state index contributed by atoms with van der Waals surface area (Å²) < 4.78 is 1.10. The maximum absolute atomic E-state index is 10.5. The van der Waals surface area contributed by atoms with E-state index in [0.29, 0.717) is 12.5 Å². The average molecular weight is 490 g/mol. The maximum atomic E-state index is 10.5. The molecule has 1 saturated carbocycles. The van der Waals surface area contributed by atoms with Crippen LogP contribution < -0.4 is 10.6 Å². The standard InChI is InChI=1S/C26H31N7OS/c1-15-21(24-32-22-16(2)28-12-9-20(22)35-24)23(31-19-6-5-18(13-19)26(3,4)34)33-25(30-15)29-14-17-7-10-27-11-8-17/h7-12,18-19,34H,5-6,13-14H2,1-4H3,(H2,29,30,31,33). The van der Waals surface area contributed by atoms with Crippen molar-refractivity contribution < 1.29 is 5.11 Å². The van der Waals surface area contributed by atoms with E-state index in [-0.39, 0.29) is 12.0 Å². The van der Waals surface area contributed by atoms with E-state index < -0.39 is 5.60 Å². The third-order valence-electron chi connectivity index (χ3n) is 6.77. The Kier molecular flexibility index (Phi) is 6.37. The van der Waals surface area contributed by atoms with Gasteiger partial charge in [0.1, 0.15) is 16.3 Å². The second-order valence-electron chi connectivity index (χ2n) is 9.83. The van der Waals surface area contributed by atoms with Crippen molar-refractivity contribution in [2.24, 2.45) is 5.92 Å². The highest BCUT2D eigenvalue weighted by atomic mass is 32.1. The highest BCUT2D eigenvalue weighted by Crippen LogP contribution is 2.40. The smallest absolute Gasteiger partial charge is 0.225 e. The fraction of sp³-hybridized carbons (Fsp3) is 0.423. The summed E-state index contributed by atoms with van der Waals surface area (Å²) in [5, 5.41) is 18.5. The predicted octanol–water partition coefficient (Wildman–Crippen LogP) is 5.12. The van der Waals surface area contributed by atoms with Crippen LogP contribution in [-0.4, -0.2) is 41.7 Å². The lowest BCUT2D eigenvalue weighted by atomic mass is 9.89. The number of nitrogens with zero attached hydrogens (tertiary/aromatic N) is 5. The molecule has 8 nitrogen and oxygen atoms in total. The summed E-state index contributed by atoms with van der Waals surface area (Å²) in [6, 6.07) is 6.17. The highest BCUT2D eigenvalue weighted by molar-refractivity contribution is 7.21. The molecule has 2 atom stereocenters. The topological polar surface area (TPSA) is 109 Å². The number of hydrogen-bond acceptors (Lipinski definition) is 9. The molecule has 1 aliphatic rings. The number of aliphatic hydroxyl groups is 1. The molecule has 4 heterocycles. The van der Waals surface area contributed by atoms with E-state index in [4.69, 9.17) is 15.0 Å². The Morgan fingerprint density at radius 1 is 1.03 bits per heavy atom. The minimum Gasteiger partial charge on any atom is -0.390 e. The van der Waals surface area contributed by atoms with Crippen LogP contribution in [0.25, 0.3) is 20.8 Å². The van der Waals surface area contributed by atoms with Gasteiger partial charge in [-0.25, -0.2) is 9.97 Å². The first-order valence-electron chi connectivity index (χ1n) is 12.0. The van der Waals surface area contributed by atoms with Gasteiger partial charge >= 0.3 is 0 Å². The van der Waals surface area contributed by atoms with Crippen LogP contribution in [-0.2, 0) is 6.54 Å². The Morgan fingerprint density at radius 2 is 1.83 bits per heavy atom. The Hall–Kier alpha value is -3.17. The van der Waals surface area contributed by atoms with E-state index in [1.165, 1.54) is 0 Å². The van der Waals surface area contributed by atoms with E-state index in [1.54, 1.807) is 23.7 Å². The summed E-state index contributed by atoms with van der Waals surface area (Å²) in [5.74, 6) is 1.61. The molecule has 4 aromatic heterocycles. The van der Waals surface area contributed by atoms with Crippen LogP contribution in [0.1, 0.15) is 50.1 Å². The normalized spacial score (nSPS) is 18.2. The van der Waals surface area contributed by atoms with Crippen molar-refractivity contribution in [1.29, 1.82) is 0 Å². The van der Waals surface area contributed by atoms with E-state index in [0.717, 1.165) is 62.8 Å². The molecule has 35 heavy (non-hydrogen) atoms. The number of fused-ring (bicyclic) bond motifs is 1. The molecule has 0 bridgehead atoms. The Morgan fingerprint density at radius 3 is 2.54 bits per heavy atom. The lowest BCUT2D eigenvalue weighted by Gasteiger charge is -2.25. The van der Waals surface area contributed by atoms with Crippen LogP contribution >= 0.6 is 11.3 Å². The van der Waals surface area contributed by atoms with Crippen molar-refractivity contribution in [3.05, 3.63) is 53.7 Å². The molecule has 3 N–H and O–H groups in total. The molecule has 0 aliphatic heterocycles. The molecule has 0 aromatic carbocycles. The van der Waals surface area contributed by atoms with Crippen LogP contribution in [0.3, 0.4) is 0 Å². The molecule has 4 aromatic rings. The summed E-state index contributed by atoms with van der Waals surface area (Å²) in [5.41, 5.74) is 4.04. The van der Waals surface area contributed by atoms with Crippen molar-refractivity contribution >= 4 is 33.3 Å². The molecule has 0 spiro atoms. The van der Waals surface area contributed by atoms with Gasteiger partial charge in [0.25, 0.3) is 0 Å². The molecule has 1 fully saturated rings. The summed E-state index contributed by atoms with van der Waals surface area (Å²) in [7, 11) is 0. The minimum atomic E-state index is -0.685. The molecular weight excluding hydrogens is 458 g/mol. The zero-order valence-corrected chi connectivity index (χ0v) is 21.4. The Bertz CT molecular complexity index is 1330. The van der Waals surface area contributed by atoms with Crippen molar-refractivity contribution in [1.82, 2.24) is 24.9 Å². The van der Waals surface area contributed by atoms with Crippen molar-refractivity contribution in [3.8, 4) is 10.6 Å². The minimum absolute atomic E-state index is 0.227. The first-order valence-corrected chi connectivity index (χ1v) is 12.8. The molecule has 5 rings (SSSR count). The molecule has 9 heteroatoms. The largest absolute Gasteiger partial charge is 0.390 e. The second kappa shape index (κ2) is 9.47. The van der Waals surface area contributed by atoms with Crippen LogP contribution in [0, 0.1) is 19.8 Å². The second-order valence-corrected chi connectivity index (χ2v) is 10.9. The van der Waals surface area contributed by atoms with Gasteiger partial charge < -0.3 is 15.7 Å². The van der Waals surface area contributed by atoms with E-state index in [1.807, 2.05) is 52.1 Å². The number of hydrogen-bond donors (Lipinski definition) is 3. The van der Waals surface area contributed by atoms with E-state index >= 15 is 0 Å². The molecule has 0 saturated heterocycles. The molecule has 2 unspecified atom stereocenters. The van der Waals surface area contributed by atoms with Crippen LogP contribution in [0.4, 0.5) is 11.8 Å². The third kappa shape index (κ3) is 5.11. The van der Waals surface area contributed by atoms with Gasteiger partial charge in [-0.15, -0.1) is 11.3 Å². The summed E-state index contributed by atoms with van der Waals surface area (Å²) in [6.45, 7) is 8.40. The lowest BCUT2D eigenvalue weighted by molar-refractivity contribution is 0.0197. The van der Waals surface area contributed by atoms with Crippen LogP contribution in [0.2, 0.25) is 0 Å². The number of nitrogens with one attached hydrogen (secondary N) is 2. The lowest BCUT2D eigenvalue weighted by Crippen LogP contribution is -2.30. The zero-order chi connectivity index (χ0) is 24.6. The zero-order valence-electron chi connectivity index (χ0n) is 20.5. The monoisotopic (exact) mass is 489 g/mol. The van der Waals surface area contributed by atoms with Gasteiger partial charge in [0.2, 0.25) is 5.95 Å². The summed E-state index contributed by atoms with van der Waals surface area (Å²) in [6.07, 6.45) is 8.25. The Labute approximate surface area is 209 Å². The van der Waals surface area contributed by atoms with Gasteiger partial charge in [-0.3, -0.25) is 9.97 Å². The SMILES string of the molecule is Cc1nc(NCc2ccncc2)nc(NC2CCC(C(C)(C)O)C2)c1-c1nc2c(C)nccc2s1. The molecule has 0 amide bonds. The number of aryl methyl sites for hydroxylation is 2. The quantitative estimate of drug-likeness (QED) is 0.328. The highest BCUT2D eigenvalue weighted by Gasteiger charge is 2.35. The number of pyridine rings is 2. The summed E-state index contributed by atoms with van der Waals surface area (Å²) >= 11 is 1.63. The first kappa shape index (κ1) is 23.6. The van der Waals surface area contributed by atoms with Gasteiger partial charge in [0.05, 0.1) is 27.3 Å². The van der Waals surface area contributed by atoms with Crippen molar-refractivity contribution in [2.45, 2.75) is 65.1 Å². The number of aromatic nitrogens is 5. The molecular formula is C26H31N7OS. The molecule has 182 valence electrons. The molecule has 0 radical (unpaired) electrons.